The SMILES string of the molecule is C=CCC(O)(CC=C)CCCCCCCCCCOC1CCCCC1. The van der Waals surface area contributed by atoms with Crippen LogP contribution in [0.3, 0.4) is 0 Å². The Balaban J connectivity index is 1.86. The highest BCUT2D eigenvalue weighted by atomic mass is 16.5. The van der Waals surface area contributed by atoms with E-state index < -0.39 is 5.60 Å². The van der Waals surface area contributed by atoms with Gasteiger partial charge in [-0.25, -0.2) is 0 Å². The molecule has 0 heterocycles. The number of hydrogen-bond donors (Lipinski definition) is 1. The molecule has 0 spiro atoms. The molecule has 2 heteroatoms. The molecule has 0 amide bonds. The van der Waals surface area contributed by atoms with Gasteiger partial charge in [0.25, 0.3) is 0 Å². The van der Waals surface area contributed by atoms with Crippen LogP contribution >= 0.6 is 0 Å². The lowest BCUT2D eigenvalue weighted by Gasteiger charge is -2.25. The van der Waals surface area contributed by atoms with Gasteiger partial charge in [0.05, 0.1) is 11.7 Å². The first-order chi connectivity index (χ1) is 12.2. The van der Waals surface area contributed by atoms with Gasteiger partial charge in [0.2, 0.25) is 0 Å². The molecule has 0 aromatic carbocycles. The van der Waals surface area contributed by atoms with E-state index in [0.29, 0.717) is 18.9 Å². The van der Waals surface area contributed by atoms with Gasteiger partial charge in [-0.1, -0.05) is 76.4 Å². The van der Waals surface area contributed by atoms with E-state index in [0.717, 1.165) is 19.4 Å². The van der Waals surface area contributed by atoms with Crippen molar-refractivity contribution in [3.05, 3.63) is 25.3 Å². The zero-order chi connectivity index (χ0) is 18.2. The second-order valence-corrected chi connectivity index (χ2v) is 7.92. The fourth-order valence-corrected chi connectivity index (χ4v) is 3.92. The molecule has 1 fully saturated rings. The van der Waals surface area contributed by atoms with Crippen molar-refractivity contribution in [1.82, 2.24) is 0 Å². The van der Waals surface area contributed by atoms with Crippen molar-refractivity contribution in [3.8, 4) is 0 Å². The zero-order valence-corrected chi connectivity index (χ0v) is 16.5. The van der Waals surface area contributed by atoms with Crippen LogP contribution < -0.4 is 0 Å². The number of aliphatic hydroxyl groups is 1. The molecule has 1 saturated carbocycles. The number of rotatable bonds is 16. The van der Waals surface area contributed by atoms with E-state index in [1.165, 1.54) is 77.0 Å². The maximum atomic E-state index is 10.5. The maximum absolute atomic E-state index is 10.5. The molecule has 0 saturated heterocycles. The fourth-order valence-electron chi connectivity index (χ4n) is 3.92. The van der Waals surface area contributed by atoms with Gasteiger partial charge >= 0.3 is 0 Å². The van der Waals surface area contributed by atoms with Crippen molar-refractivity contribution in [2.24, 2.45) is 0 Å². The summed E-state index contributed by atoms with van der Waals surface area (Å²) >= 11 is 0. The van der Waals surface area contributed by atoms with Crippen LogP contribution in [0.5, 0.6) is 0 Å². The fraction of sp³-hybridized carbons (Fsp3) is 0.826. The molecule has 0 aliphatic heterocycles. The normalized spacial score (nSPS) is 16.0. The second kappa shape index (κ2) is 14.6. The van der Waals surface area contributed by atoms with Gasteiger partial charge in [-0.15, -0.1) is 13.2 Å². The lowest BCUT2D eigenvalue weighted by atomic mass is 9.89. The highest BCUT2D eigenvalue weighted by Crippen LogP contribution is 2.24. The van der Waals surface area contributed by atoms with Gasteiger partial charge < -0.3 is 9.84 Å². The van der Waals surface area contributed by atoms with E-state index >= 15 is 0 Å². The summed E-state index contributed by atoms with van der Waals surface area (Å²) in [6, 6.07) is 0. The molecule has 25 heavy (non-hydrogen) atoms. The smallest absolute Gasteiger partial charge is 0.0716 e. The molecule has 0 unspecified atom stereocenters. The Labute approximate surface area is 156 Å². The summed E-state index contributed by atoms with van der Waals surface area (Å²) in [6.45, 7) is 8.47. The first kappa shape index (κ1) is 22.4. The van der Waals surface area contributed by atoms with E-state index in [2.05, 4.69) is 13.2 Å². The van der Waals surface area contributed by atoms with Crippen LogP contribution in [0.15, 0.2) is 25.3 Å². The molecule has 0 atom stereocenters. The summed E-state index contributed by atoms with van der Waals surface area (Å²) < 4.78 is 5.98. The van der Waals surface area contributed by atoms with Crippen LogP contribution in [0.1, 0.15) is 103 Å². The minimum absolute atomic E-state index is 0.564. The van der Waals surface area contributed by atoms with Crippen molar-refractivity contribution >= 4 is 0 Å². The van der Waals surface area contributed by atoms with Crippen molar-refractivity contribution < 1.29 is 9.84 Å². The second-order valence-electron chi connectivity index (χ2n) is 7.92. The lowest BCUT2D eigenvalue weighted by molar-refractivity contribution is 0.0263. The molecule has 0 aromatic rings. The first-order valence-corrected chi connectivity index (χ1v) is 10.8. The zero-order valence-electron chi connectivity index (χ0n) is 16.5. The Kier molecular flexibility index (Phi) is 13.1. The molecule has 1 aliphatic carbocycles. The van der Waals surface area contributed by atoms with E-state index in [4.69, 9.17) is 4.74 Å². The average Bonchev–Trinajstić information content (AvgIpc) is 2.61. The molecular weight excluding hydrogens is 308 g/mol. The maximum Gasteiger partial charge on any atom is 0.0716 e. The number of unbranched alkanes of at least 4 members (excludes halogenated alkanes) is 7. The van der Waals surface area contributed by atoms with Crippen LogP contribution in [0.4, 0.5) is 0 Å². The molecular formula is C23H42O2. The van der Waals surface area contributed by atoms with Crippen LogP contribution in [-0.2, 0) is 4.74 Å². The summed E-state index contributed by atoms with van der Waals surface area (Å²) in [5.74, 6) is 0. The summed E-state index contributed by atoms with van der Waals surface area (Å²) in [5.41, 5.74) is -0.609. The minimum Gasteiger partial charge on any atom is -0.389 e. The molecule has 0 radical (unpaired) electrons. The molecule has 1 N–H and O–H groups in total. The molecule has 2 nitrogen and oxygen atoms in total. The van der Waals surface area contributed by atoms with Crippen LogP contribution in [0.25, 0.3) is 0 Å². The third-order valence-electron chi connectivity index (χ3n) is 5.49. The number of ether oxygens (including phenoxy) is 1. The summed E-state index contributed by atoms with van der Waals surface area (Å²) in [6.07, 6.45) is 23.3. The van der Waals surface area contributed by atoms with E-state index in [-0.39, 0.29) is 0 Å². The molecule has 1 rings (SSSR count). The Hall–Kier alpha value is -0.600. The molecule has 0 bridgehead atoms. The van der Waals surface area contributed by atoms with Crippen LogP contribution in [0, 0.1) is 0 Å². The largest absolute Gasteiger partial charge is 0.389 e. The van der Waals surface area contributed by atoms with Crippen molar-refractivity contribution in [3.63, 3.8) is 0 Å². The van der Waals surface area contributed by atoms with Gasteiger partial charge in [0.15, 0.2) is 0 Å². The van der Waals surface area contributed by atoms with Gasteiger partial charge in [-0.3, -0.25) is 0 Å². The van der Waals surface area contributed by atoms with Crippen LogP contribution in [-0.4, -0.2) is 23.4 Å². The molecule has 0 aromatic heterocycles. The van der Waals surface area contributed by atoms with Crippen molar-refractivity contribution in [2.75, 3.05) is 6.61 Å². The highest BCUT2D eigenvalue weighted by Gasteiger charge is 2.22. The van der Waals surface area contributed by atoms with Crippen molar-refractivity contribution in [2.45, 2.75) is 114 Å². The Morgan fingerprint density at radius 3 is 1.88 bits per heavy atom. The third-order valence-corrected chi connectivity index (χ3v) is 5.49. The van der Waals surface area contributed by atoms with Crippen molar-refractivity contribution in [1.29, 1.82) is 0 Å². The standard InChI is InChI=1S/C23H42O2/c1-3-18-23(24,19-4-2)20-14-9-7-5-6-8-10-15-21-25-22-16-12-11-13-17-22/h3-4,22,24H,1-2,5-21H2. The monoisotopic (exact) mass is 350 g/mol. The summed E-state index contributed by atoms with van der Waals surface area (Å²) in [5, 5.41) is 10.5. The van der Waals surface area contributed by atoms with E-state index in [1.807, 2.05) is 12.2 Å². The minimum atomic E-state index is -0.609. The molecule has 146 valence electrons. The summed E-state index contributed by atoms with van der Waals surface area (Å²) in [7, 11) is 0. The average molecular weight is 351 g/mol. The van der Waals surface area contributed by atoms with Gasteiger partial charge in [-0.05, 0) is 38.5 Å². The topological polar surface area (TPSA) is 29.5 Å². The predicted octanol–water partition coefficient (Wildman–Crippen LogP) is 6.73. The van der Waals surface area contributed by atoms with Gasteiger partial charge in [0.1, 0.15) is 0 Å². The predicted molar refractivity (Wildman–Crippen MR) is 109 cm³/mol. The Morgan fingerprint density at radius 2 is 1.32 bits per heavy atom. The lowest BCUT2D eigenvalue weighted by Crippen LogP contribution is -2.26. The van der Waals surface area contributed by atoms with Gasteiger partial charge in [0, 0.05) is 6.61 Å². The van der Waals surface area contributed by atoms with Crippen LogP contribution in [0.2, 0.25) is 0 Å². The summed E-state index contributed by atoms with van der Waals surface area (Å²) in [4.78, 5) is 0. The van der Waals surface area contributed by atoms with E-state index in [1.54, 1.807) is 0 Å². The molecule has 1 aliphatic rings. The number of hydrogen-bond acceptors (Lipinski definition) is 2. The first-order valence-electron chi connectivity index (χ1n) is 10.8. The van der Waals surface area contributed by atoms with Gasteiger partial charge in [-0.2, -0.15) is 0 Å². The Bertz CT molecular complexity index is 321. The Morgan fingerprint density at radius 1 is 0.800 bits per heavy atom. The van der Waals surface area contributed by atoms with E-state index in [9.17, 15) is 5.11 Å². The highest BCUT2D eigenvalue weighted by molar-refractivity contribution is 4.91. The quantitative estimate of drug-likeness (QED) is 0.247. The third kappa shape index (κ3) is 11.6.